The van der Waals surface area contributed by atoms with Crippen molar-refractivity contribution in [3.63, 3.8) is 0 Å². The summed E-state index contributed by atoms with van der Waals surface area (Å²) in [6.45, 7) is 2.87. The molecular formula is C11H14ClN3O2. The van der Waals surface area contributed by atoms with Crippen molar-refractivity contribution in [3.05, 3.63) is 35.8 Å². The van der Waals surface area contributed by atoms with Crippen molar-refractivity contribution in [1.29, 1.82) is 0 Å². The van der Waals surface area contributed by atoms with E-state index in [0.717, 1.165) is 12.2 Å². The molecule has 0 amide bonds. The van der Waals surface area contributed by atoms with Crippen molar-refractivity contribution in [2.45, 2.75) is 12.4 Å². The van der Waals surface area contributed by atoms with Gasteiger partial charge in [-0.1, -0.05) is 17.7 Å². The molecule has 2 aliphatic heterocycles. The Morgan fingerprint density at radius 3 is 3.18 bits per heavy atom. The van der Waals surface area contributed by atoms with E-state index in [9.17, 15) is 4.79 Å². The molecule has 1 atom stereocenters. The van der Waals surface area contributed by atoms with Gasteiger partial charge in [0.2, 0.25) is 0 Å². The van der Waals surface area contributed by atoms with E-state index in [1.807, 2.05) is 17.3 Å². The molecule has 0 saturated carbocycles. The van der Waals surface area contributed by atoms with Gasteiger partial charge < -0.3 is 10.1 Å². The summed E-state index contributed by atoms with van der Waals surface area (Å²) in [4.78, 5) is 11.7. The second-order valence-corrected chi connectivity index (χ2v) is 3.97. The number of rotatable bonds is 3. The number of hydrogen-bond donors (Lipinski definition) is 2. The molecule has 6 heteroatoms. The zero-order valence-corrected chi connectivity index (χ0v) is 10.2. The van der Waals surface area contributed by atoms with E-state index in [1.165, 1.54) is 0 Å². The predicted molar refractivity (Wildman–Crippen MR) is 64.6 cm³/mol. The standard InChI is InChI=1S/C11H14ClN3O2/c1-2-17-11(16)9-6-8(7-13-10(9)12)15-5-3-4-14-15/h3,5-7,10,13-14H,2,4H2,1H3. The van der Waals surface area contributed by atoms with Crippen LogP contribution in [0.3, 0.4) is 0 Å². The molecule has 0 aliphatic carbocycles. The van der Waals surface area contributed by atoms with Crippen LogP contribution in [0.2, 0.25) is 0 Å². The van der Waals surface area contributed by atoms with Gasteiger partial charge in [0, 0.05) is 18.9 Å². The number of ether oxygens (including phenoxy) is 1. The molecular weight excluding hydrogens is 242 g/mol. The van der Waals surface area contributed by atoms with Crippen molar-refractivity contribution >= 4 is 17.6 Å². The average Bonchev–Trinajstić information content (AvgIpc) is 2.83. The number of nitrogens with one attached hydrogen (secondary N) is 2. The summed E-state index contributed by atoms with van der Waals surface area (Å²) in [5, 5.41) is 4.73. The van der Waals surface area contributed by atoms with E-state index in [4.69, 9.17) is 16.3 Å². The fraction of sp³-hybridized carbons (Fsp3) is 0.364. The molecule has 0 bridgehead atoms. The van der Waals surface area contributed by atoms with Crippen LogP contribution < -0.4 is 10.7 Å². The number of hydrogen-bond acceptors (Lipinski definition) is 5. The van der Waals surface area contributed by atoms with Crippen LogP contribution in [-0.4, -0.2) is 29.6 Å². The third-order valence-corrected chi connectivity index (χ3v) is 2.74. The van der Waals surface area contributed by atoms with Gasteiger partial charge >= 0.3 is 5.97 Å². The highest BCUT2D eigenvalue weighted by atomic mass is 35.5. The molecule has 92 valence electrons. The zero-order valence-electron chi connectivity index (χ0n) is 9.44. The molecule has 0 fully saturated rings. The Balaban J connectivity index is 2.15. The number of dihydropyridines is 1. The number of hydrazine groups is 1. The third-order valence-electron chi connectivity index (χ3n) is 2.38. The van der Waals surface area contributed by atoms with Crippen LogP contribution in [0, 0.1) is 0 Å². The second-order valence-electron chi connectivity index (χ2n) is 3.54. The van der Waals surface area contributed by atoms with Gasteiger partial charge in [0.25, 0.3) is 0 Å². The highest BCUT2D eigenvalue weighted by molar-refractivity contribution is 6.25. The molecule has 17 heavy (non-hydrogen) atoms. The predicted octanol–water partition coefficient (Wildman–Crippen LogP) is 0.819. The summed E-state index contributed by atoms with van der Waals surface area (Å²) in [6.07, 6.45) is 7.34. The molecule has 0 spiro atoms. The lowest BCUT2D eigenvalue weighted by Crippen LogP contribution is -2.35. The van der Waals surface area contributed by atoms with Crippen molar-refractivity contribution in [2.75, 3.05) is 13.2 Å². The Bertz CT molecular complexity index is 404. The minimum Gasteiger partial charge on any atom is -0.463 e. The van der Waals surface area contributed by atoms with Crippen molar-refractivity contribution in [1.82, 2.24) is 15.8 Å². The number of carbonyl (C=O) groups excluding carboxylic acids is 1. The fourth-order valence-electron chi connectivity index (χ4n) is 1.58. The molecule has 0 aromatic carbocycles. The molecule has 2 N–H and O–H groups in total. The Labute approximate surface area is 105 Å². The van der Waals surface area contributed by atoms with E-state index in [1.54, 1.807) is 19.2 Å². The average molecular weight is 256 g/mol. The minimum atomic E-state index is -0.551. The fourth-order valence-corrected chi connectivity index (χ4v) is 1.79. The first-order chi connectivity index (χ1) is 8.22. The summed E-state index contributed by atoms with van der Waals surface area (Å²) in [7, 11) is 0. The summed E-state index contributed by atoms with van der Waals surface area (Å²) in [6, 6.07) is 0. The molecule has 0 aromatic rings. The van der Waals surface area contributed by atoms with Gasteiger partial charge in [0.05, 0.1) is 17.9 Å². The number of nitrogens with zero attached hydrogens (tertiary/aromatic N) is 1. The molecule has 2 aliphatic rings. The van der Waals surface area contributed by atoms with Crippen LogP contribution >= 0.6 is 11.6 Å². The molecule has 1 unspecified atom stereocenters. The SMILES string of the molecule is CCOC(=O)C1=CC(N2C=CCN2)=CNC1Cl. The zero-order chi connectivity index (χ0) is 12.3. The maximum absolute atomic E-state index is 11.7. The first-order valence-corrected chi connectivity index (χ1v) is 5.84. The number of allylic oxidation sites excluding steroid dienone is 1. The summed E-state index contributed by atoms with van der Waals surface area (Å²) in [5.74, 6) is -0.395. The second kappa shape index (κ2) is 5.25. The lowest BCUT2D eigenvalue weighted by Gasteiger charge is -2.24. The third kappa shape index (κ3) is 2.62. The monoisotopic (exact) mass is 255 g/mol. The topological polar surface area (TPSA) is 53.6 Å². The van der Waals surface area contributed by atoms with Gasteiger partial charge in [0.1, 0.15) is 5.50 Å². The lowest BCUT2D eigenvalue weighted by molar-refractivity contribution is -0.138. The molecule has 2 rings (SSSR count). The first-order valence-electron chi connectivity index (χ1n) is 5.40. The Hall–Kier alpha value is -1.46. The van der Waals surface area contributed by atoms with Crippen LogP contribution in [-0.2, 0) is 9.53 Å². The smallest absolute Gasteiger partial charge is 0.337 e. The van der Waals surface area contributed by atoms with Crippen LogP contribution in [0.1, 0.15) is 6.92 Å². The Morgan fingerprint density at radius 1 is 1.71 bits per heavy atom. The van der Waals surface area contributed by atoms with Gasteiger partial charge in [-0.15, -0.1) is 0 Å². The number of alkyl halides is 1. The summed E-state index contributed by atoms with van der Waals surface area (Å²) < 4.78 is 4.95. The molecule has 0 aromatic heterocycles. The van der Waals surface area contributed by atoms with Gasteiger partial charge in [0.15, 0.2) is 0 Å². The van der Waals surface area contributed by atoms with Crippen molar-refractivity contribution < 1.29 is 9.53 Å². The van der Waals surface area contributed by atoms with E-state index in [2.05, 4.69) is 10.7 Å². The van der Waals surface area contributed by atoms with Crippen LogP contribution in [0.25, 0.3) is 0 Å². The largest absolute Gasteiger partial charge is 0.463 e. The van der Waals surface area contributed by atoms with Crippen molar-refractivity contribution in [2.24, 2.45) is 0 Å². The van der Waals surface area contributed by atoms with E-state index < -0.39 is 11.5 Å². The van der Waals surface area contributed by atoms with E-state index in [0.29, 0.717) is 12.2 Å². The van der Waals surface area contributed by atoms with Crippen molar-refractivity contribution in [3.8, 4) is 0 Å². The highest BCUT2D eigenvalue weighted by Crippen LogP contribution is 2.19. The minimum absolute atomic E-state index is 0.334. The Kier molecular flexibility index (Phi) is 3.71. The van der Waals surface area contributed by atoms with Crippen LogP contribution in [0.4, 0.5) is 0 Å². The number of carbonyl (C=O) groups is 1. The van der Waals surface area contributed by atoms with Crippen LogP contribution in [0.5, 0.6) is 0 Å². The molecule has 0 saturated heterocycles. The quantitative estimate of drug-likeness (QED) is 0.444. The van der Waals surface area contributed by atoms with Gasteiger partial charge in [-0.2, -0.15) is 0 Å². The molecule has 0 radical (unpaired) electrons. The Morgan fingerprint density at radius 2 is 2.53 bits per heavy atom. The molecule has 5 nitrogen and oxygen atoms in total. The van der Waals surface area contributed by atoms with Gasteiger partial charge in [-0.05, 0) is 13.0 Å². The lowest BCUT2D eigenvalue weighted by atomic mass is 10.1. The summed E-state index contributed by atoms with van der Waals surface area (Å²) >= 11 is 6.00. The maximum Gasteiger partial charge on any atom is 0.337 e. The molecule has 2 heterocycles. The van der Waals surface area contributed by atoms with E-state index in [-0.39, 0.29) is 0 Å². The number of esters is 1. The normalized spacial score (nSPS) is 22.9. The maximum atomic E-state index is 11.7. The highest BCUT2D eigenvalue weighted by Gasteiger charge is 2.24. The summed E-state index contributed by atoms with van der Waals surface area (Å²) in [5.41, 5.74) is 3.78. The van der Waals surface area contributed by atoms with Gasteiger partial charge in [-0.3, -0.25) is 5.01 Å². The number of halogens is 1. The first kappa shape index (κ1) is 12.0. The van der Waals surface area contributed by atoms with E-state index >= 15 is 0 Å². The van der Waals surface area contributed by atoms with Crippen LogP contribution in [0.15, 0.2) is 35.8 Å². The van der Waals surface area contributed by atoms with Gasteiger partial charge in [-0.25, -0.2) is 10.2 Å².